The van der Waals surface area contributed by atoms with Crippen LogP contribution < -0.4 is 0 Å². The smallest absolute Gasteiger partial charge is 0.321 e. The molecular weight excluding hydrogens is 399 g/mol. The summed E-state index contributed by atoms with van der Waals surface area (Å²) in [6, 6.07) is 5.94. The van der Waals surface area contributed by atoms with Crippen molar-refractivity contribution in [2.75, 3.05) is 20.2 Å². The number of hydrogen-bond acceptors (Lipinski definition) is 5. The number of piperidine rings is 2. The third-order valence-electron chi connectivity index (χ3n) is 7.40. The number of fused-ring (bicyclic) bond motifs is 2. The average Bonchev–Trinajstić information content (AvgIpc) is 3.07. The molecule has 1 aromatic rings. The van der Waals surface area contributed by atoms with E-state index in [2.05, 4.69) is 11.8 Å². The lowest BCUT2D eigenvalue weighted by molar-refractivity contribution is -0.171. The third-order valence-corrected chi connectivity index (χ3v) is 7.40. The highest BCUT2D eigenvalue weighted by molar-refractivity contribution is 6.08. The molecule has 6 nitrogen and oxygen atoms in total. The van der Waals surface area contributed by atoms with E-state index in [1.165, 1.54) is 19.2 Å². The molecule has 0 spiro atoms. The van der Waals surface area contributed by atoms with Crippen molar-refractivity contribution in [2.24, 2.45) is 11.3 Å². The SMILES string of the molecule is COC(=O)[C@@]1(CC(=O)N2CCC[C@@H](C)C2)C(=O)C[C@H]2CC[C@H]1N2Cc1ccc(F)cc1. The summed E-state index contributed by atoms with van der Waals surface area (Å²) in [4.78, 5) is 43.7. The minimum atomic E-state index is -1.47. The van der Waals surface area contributed by atoms with Crippen molar-refractivity contribution in [3.63, 3.8) is 0 Å². The fourth-order valence-electron chi connectivity index (χ4n) is 5.79. The van der Waals surface area contributed by atoms with Crippen LogP contribution in [-0.4, -0.2) is 59.7 Å². The quantitative estimate of drug-likeness (QED) is 0.531. The maximum atomic E-state index is 13.4. The average molecular weight is 431 g/mol. The van der Waals surface area contributed by atoms with Crippen molar-refractivity contribution < 1.29 is 23.5 Å². The summed E-state index contributed by atoms with van der Waals surface area (Å²) in [6.07, 6.45) is 3.58. The predicted octanol–water partition coefficient (Wildman–Crippen LogP) is 2.94. The van der Waals surface area contributed by atoms with Gasteiger partial charge in [0, 0.05) is 38.1 Å². The number of Topliss-reactive ketones (excluding diaryl/α,β-unsaturated/α-hetero) is 1. The van der Waals surface area contributed by atoms with Crippen LogP contribution in [0.4, 0.5) is 4.39 Å². The van der Waals surface area contributed by atoms with Crippen LogP contribution >= 0.6 is 0 Å². The van der Waals surface area contributed by atoms with Crippen molar-refractivity contribution in [1.82, 2.24) is 9.80 Å². The van der Waals surface area contributed by atoms with E-state index in [0.29, 0.717) is 32.0 Å². The Labute approximate surface area is 182 Å². The van der Waals surface area contributed by atoms with Crippen LogP contribution in [0, 0.1) is 17.2 Å². The largest absolute Gasteiger partial charge is 0.468 e. The lowest BCUT2D eigenvalue weighted by atomic mass is 9.69. The second-order valence-corrected chi connectivity index (χ2v) is 9.40. The number of halogens is 1. The van der Waals surface area contributed by atoms with Crippen LogP contribution in [0.2, 0.25) is 0 Å². The summed E-state index contributed by atoms with van der Waals surface area (Å²) in [6.45, 7) is 3.96. The van der Waals surface area contributed by atoms with Gasteiger partial charge in [0.25, 0.3) is 0 Å². The molecule has 3 aliphatic heterocycles. The van der Waals surface area contributed by atoms with Gasteiger partial charge in [-0.3, -0.25) is 19.3 Å². The molecule has 3 saturated heterocycles. The van der Waals surface area contributed by atoms with Crippen LogP contribution in [0.1, 0.15) is 51.0 Å². The fourth-order valence-corrected chi connectivity index (χ4v) is 5.79. The van der Waals surface area contributed by atoms with Crippen LogP contribution in [-0.2, 0) is 25.7 Å². The zero-order valence-corrected chi connectivity index (χ0v) is 18.3. The number of likely N-dealkylation sites (tertiary alicyclic amines) is 1. The normalized spacial score (nSPS) is 31.0. The Hall–Kier alpha value is -2.28. The van der Waals surface area contributed by atoms with Gasteiger partial charge in [-0.05, 0) is 49.3 Å². The number of amides is 1. The van der Waals surface area contributed by atoms with Crippen molar-refractivity contribution in [3.05, 3.63) is 35.6 Å². The molecule has 0 saturated carbocycles. The van der Waals surface area contributed by atoms with Gasteiger partial charge in [-0.1, -0.05) is 19.1 Å². The lowest BCUT2D eigenvalue weighted by Crippen LogP contribution is -2.61. The fraction of sp³-hybridized carbons (Fsp3) is 0.625. The van der Waals surface area contributed by atoms with Gasteiger partial charge in [0.15, 0.2) is 11.2 Å². The van der Waals surface area contributed by atoms with Gasteiger partial charge in [-0.2, -0.15) is 0 Å². The first-order valence-corrected chi connectivity index (χ1v) is 11.2. The maximum absolute atomic E-state index is 13.4. The van der Waals surface area contributed by atoms with Crippen LogP contribution in [0.25, 0.3) is 0 Å². The number of carbonyl (C=O) groups is 3. The molecule has 2 bridgehead atoms. The number of rotatable bonds is 5. The van der Waals surface area contributed by atoms with Gasteiger partial charge in [-0.15, -0.1) is 0 Å². The van der Waals surface area contributed by atoms with E-state index in [1.54, 1.807) is 17.0 Å². The molecule has 0 N–H and O–H groups in total. The van der Waals surface area contributed by atoms with E-state index >= 15 is 0 Å². The number of nitrogens with zero attached hydrogens (tertiary/aromatic N) is 2. The number of carbonyl (C=O) groups excluding carboxylic acids is 3. The summed E-state index contributed by atoms with van der Waals surface area (Å²) >= 11 is 0. The van der Waals surface area contributed by atoms with Crippen LogP contribution in [0.15, 0.2) is 24.3 Å². The summed E-state index contributed by atoms with van der Waals surface area (Å²) in [7, 11) is 1.29. The number of ether oxygens (including phenoxy) is 1. The zero-order valence-electron chi connectivity index (χ0n) is 18.3. The summed E-state index contributed by atoms with van der Waals surface area (Å²) in [5.74, 6) is -0.811. The predicted molar refractivity (Wildman–Crippen MR) is 112 cm³/mol. The van der Waals surface area contributed by atoms with Crippen molar-refractivity contribution >= 4 is 17.7 Å². The standard InChI is InChI=1S/C24H31FN2O4/c1-16-4-3-11-26(14-16)22(29)13-24(23(30)31-2)20-10-9-19(12-21(24)28)27(20)15-17-5-7-18(25)8-6-17/h5-8,16,19-20H,3-4,9-15H2,1-2H3/t16-,19-,20-,24-/m1/s1. The number of methoxy groups -OCH3 is 1. The van der Waals surface area contributed by atoms with E-state index in [9.17, 15) is 18.8 Å². The van der Waals surface area contributed by atoms with Gasteiger partial charge >= 0.3 is 5.97 Å². The first-order valence-electron chi connectivity index (χ1n) is 11.2. The van der Waals surface area contributed by atoms with Crippen LogP contribution in [0.5, 0.6) is 0 Å². The van der Waals surface area contributed by atoms with E-state index in [0.717, 1.165) is 24.8 Å². The minimum Gasteiger partial charge on any atom is -0.468 e. The molecule has 4 rings (SSSR count). The summed E-state index contributed by atoms with van der Waals surface area (Å²) in [5.41, 5.74) is -0.554. The van der Waals surface area contributed by atoms with Gasteiger partial charge < -0.3 is 9.64 Å². The van der Waals surface area contributed by atoms with E-state index in [-0.39, 0.29) is 42.4 Å². The summed E-state index contributed by atoms with van der Waals surface area (Å²) in [5, 5.41) is 0. The number of hydrogen-bond donors (Lipinski definition) is 0. The number of esters is 1. The number of ketones is 1. The van der Waals surface area contributed by atoms with Gasteiger partial charge in [0.2, 0.25) is 5.91 Å². The molecule has 4 atom stereocenters. The van der Waals surface area contributed by atoms with E-state index in [1.807, 2.05) is 0 Å². The Bertz CT molecular complexity index is 858. The molecule has 0 radical (unpaired) electrons. The molecule has 7 heteroatoms. The highest BCUT2D eigenvalue weighted by Crippen LogP contribution is 2.48. The van der Waals surface area contributed by atoms with Gasteiger partial charge in [0.1, 0.15) is 5.82 Å². The van der Waals surface area contributed by atoms with Crippen molar-refractivity contribution in [3.8, 4) is 0 Å². The Morgan fingerprint density at radius 2 is 1.94 bits per heavy atom. The molecule has 3 fully saturated rings. The molecule has 0 unspecified atom stereocenters. The highest BCUT2D eigenvalue weighted by Gasteiger charge is 2.62. The monoisotopic (exact) mass is 430 g/mol. The Kier molecular flexibility index (Phi) is 6.15. The molecular formula is C24H31FN2O4. The van der Waals surface area contributed by atoms with Crippen molar-refractivity contribution in [2.45, 2.75) is 64.1 Å². The molecule has 31 heavy (non-hydrogen) atoms. The highest BCUT2D eigenvalue weighted by atomic mass is 19.1. The molecule has 0 aromatic heterocycles. The molecule has 1 aromatic carbocycles. The Balaban J connectivity index is 1.63. The molecule has 1 amide bonds. The minimum absolute atomic E-state index is 0.0328. The lowest BCUT2D eigenvalue weighted by Gasteiger charge is -2.46. The van der Waals surface area contributed by atoms with E-state index in [4.69, 9.17) is 4.74 Å². The summed E-state index contributed by atoms with van der Waals surface area (Å²) < 4.78 is 18.5. The first kappa shape index (κ1) is 21.9. The topological polar surface area (TPSA) is 66.9 Å². The molecule has 3 aliphatic rings. The maximum Gasteiger partial charge on any atom is 0.321 e. The molecule has 0 aliphatic carbocycles. The first-order chi connectivity index (χ1) is 14.8. The number of benzene rings is 1. The molecule has 3 heterocycles. The zero-order chi connectivity index (χ0) is 22.2. The van der Waals surface area contributed by atoms with E-state index < -0.39 is 11.4 Å². The van der Waals surface area contributed by atoms with Gasteiger partial charge in [-0.25, -0.2) is 4.39 Å². The third kappa shape index (κ3) is 4.00. The second-order valence-electron chi connectivity index (χ2n) is 9.40. The second kappa shape index (κ2) is 8.69. The van der Waals surface area contributed by atoms with Gasteiger partial charge in [0.05, 0.1) is 13.5 Å². The van der Waals surface area contributed by atoms with Crippen LogP contribution in [0.3, 0.4) is 0 Å². The molecule has 168 valence electrons. The van der Waals surface area contributed by atoms with Crippen molar-refractivity contribution in [1.29, 1.82) is 0 Å². The Morgan fingerprint density at radius 3 is 2.61 bits per heavy atom. The Morgan fingerprint density at radius 1 is 1.19 bits per heavy atom.